The van der Waals surface area contributed by atoms with Crippen molar-refractivity contribution < 1.29 is 9.13 Å². The number of halogens is 2. The largest absolute Gasteiger partial charge is 0.385 e. The SMILES string of the molecule is CNC(c1ccc(F)c(Cl)c1)C(C)CCOC. The lowest BCUT2D eigenvalue weighted by Gasteiger charge is -2.24. The second-order valence-electron chi connectivity index (χ2n) is 4.20. The van der Waals surface area contributed by atoms with Crippen molar-refractivity contribution in [1.82, 2.24) is 5.32 Å². The van der Waals surface area contributed by atoms with Gasteiger partial charge in [0.05, 0.1) is 5.02 Å². The van der Waals surface area contributed by atoms with Crippen molar-refractivity contribution >= 4 is 11.6 Å². The number of hydrogen-bond donors (Lipinski definition) is 1. The molecule has 2 atom stereocenters. The highest BCUT2D eigenvalue weighted by molar-refractivity contribution is 6.30. The van der Waals surface area contributed by atoms with Gasteiger partial charge in [-0.1, -0.05) is 24.6 Å². The lowest BCUT2D eigenvalue weighted by molar-refractivity contribution is 0.171. The van der Waals surface area contributed by atoms with Crippen molar-refractivity contribution in [2.45, 2.75) is 19.4 Å². The summed E-state index contributed by atoms with van der Waals surface area (Å²) in [6, 6.07) is 5.02. The Balaban J connectivity index is 2.81. The van der Waals surface area contributed by atoms with E-state index in [1.54, 1.807) is 19.2 Å². The molecule has 1 rings (SSSR count). The highest BCUT2D eigenvalue weighted by Crippen LogP contribution is 2.27. The van der Waals surface area contributed by atoms with Gasteiger partial charge in [-0.2, -0.15) is 0 Å². The van der Waals surface area contributed by atoms with E-state index in [1.165, 1.54) is 6.07 Å². The molecule has 0 heterocycles. The summed E-state index contributed by atoms with van der Waals surface area (Å²) in [6.45, 7) is 2.85. The average Bonchev–Trinajstić information content (AvgIpc) is 2.32. The molecule has 0 fully saturated rings. The molecular formula is C13H19ClFNO. The molecular weight excluding hydrogens is 241 g/mol. The third-order valence-electron chi connectivity index (χ3n) is 2.96. The first kappa shape index (κ1) is 14.4. The molecule has 1 N–H and O–H groups in total. The van der Waals surface area contributed by atoms with Gasteiger partial charge in [-0.15, -0.1) is 0 Å². The second kappa shape index (κ2) is 6.94. The van der Waals surface area contributed by atoms with Gasteiger partial charge >= 0.3 is 0 Å². The van der Waals surface area contributed by atoms with Crippen molar-refractivity contribution in [1.29, 1.82) is 0 Å². The van der Waals surface area contributed by atoms with Crippen LogP contribution in [0.25, 0.3) is 0 Å². The summed E-state index contributed by atoms with van der Waals surface area (Å²) in [5.41, 5.74) is 1.00. The lowest BCUT2D eigenvalue weighted by atomic mass is 9.92. The zero-order valence-corrected chi connectivity index (χ0v) is 11.2. The molecule has 17 heavy (non-hydrogen) atoms. The molecule has 1 aromatic rings. The minimum Gasteiger partial charge on any atom is -0.385 e. The van der Waals surface area contributed by atoms with E-state index >= 15 is 0 Å². The van der Waals surface area contributed by atoms with E-state index in [1.807, 2.05) is 7.05 Å². The Kier molecular flexibility index (Phi) is 5.89. The smallest absolute Gasteiger partial charge is 0.141 e. The van der Waals surface area contributed by atoms with Gasteiger partial charge in [0.15, 0.2) is 0 Å². The van der Waals surface area contributed by atoms with Crippen LogP contribution >= 0.6 is 11.6 Å². The van der Waals surface area contributed by atoms with Crippen LogP contribution in [0.15, 0.2) is 18.2 Å². The topological polar surface area (TPSA) is 21.3 Å². The molecule has 0 bridgehead atoms. The first-order valence-corrected chi connectivity index (χ1v) is 6.09. The number of rotatable bonds is 6. The molecule has 0 spiro atoms. The van der Waals surface area contributed by atoms with Crippen LogP contribution < -0.4 is 5.32 Å². The number of benzene rings is 1. The van der Waals surface area contributed by atoms with Crippen LogP contribution in [0.4, 0.5) is 4.39 Å². The first-order chi connectivity index (χ1) is 8.10. The highest BCUT2D eigenvalue weighted by atomic mass is 35.5. The Labute approximate surface area is 107 Å². The van der Waals surface area contributed by atoms with Gasteiger partial charge in [-0.05, 0) is 37.1 Å². The molecule has 0 aromatic heterocycles. The average molecular weight is 260 g/mol. The quantitative estimate of drug-likeness (QED) is 0.845. The fourth-order valence-corrected chi connectivity index (χ4v) is 2.14. The fraction of sp³-hybridized carbons (Fsp3) is 0.538. The molecule has 0 saturated heterocycles. The molecule has 2 nitrogen and oxygen atoms in total. The van der Waals surface area contributed by atoms with Crippen LogP contribution in [0.1, 0.15) is 24.9 Å². The second-order valence-corrected chi connectivity index (χ2v) is 4.61. The number of methoxy groups -OCH3 is 1. The van der Waals surface area contributed by atoms with Gasteiger partial charge in [0, 0.05) is 19.8 Å². The Morgan fingerprint density at radius 3 is 2.71 bits per heavy atom. The standard InChI is InChI=1S/C13H19ClFNO/c1-9(6-7-17-3)13(16-2)10-4-5-12(15)11(14)8-10/h4-5,8-9,13,16H,6-7H2,1-3H3. The Hall–Kier alpha value is -0.640. The summed E-state index contributed by atoms with van der Waals surface area (Å²) in [6.07, 6.45) is 0.941. The normalized spacial score (nSPS) is 14.6. The predicted molar refractivity (Wildman–Crippen MR) is 68.9 cm³/mol. The Bertz CT molecular complexity index is 359. The van der Waals surface area contributed by atoms with E-state index in [0.717, 1.165) is 12.0 Å². The van der Waals surface area contributed by atoms with Crippen molar-refractivity contribution in [3.63, 3.8) is 0 Å². The Morgan fingerprint density at radius 2 is 2.18 bits per heavy atom. The van der Waals surface area contributed by atoms with Crippen LogP contribution in [-0.4, -0.2) is 20.8 Å². The molecule has 4 heteroatoms. The molecule has 96 valence electrons. The number of hydrogen-bond acceptors (Lipinski definition) is 2. The summed E-state index contributed by atoms with van der Waals surface area (Å²) in [4.78, 5) is 0. The summed E-state index contributed by atoms with van der Waals surface area (Å²) in [5, 5.41) is 3.41. The zero-order valence-electron chi connectivity index (χ0n) is 10.5. The van der Waals surface area contributed by atoms with Crippen LogP contribution in [0.5, 0.6) is 0 Å². The first-order valence-electron chi connectivity index (χ1n) is 5.71. The summed E-state index contributed by atoms with van der Waals surface area (Å²) < 4.78 is 18.2. The van der Waals surface area contributed by atoms with E-state index in [4.69, 9.17) is 16.3 Å². The molecule has 0 amide bonds. The lowest BCUT2D eigenvalue weighted by Crippen LogP contribution is -2.24. The van der Waals surface area contributed by atoms with Gasteiger partial charge in [-0.25, -0.2) is 4.39 Å². The number of nitrogens with one attached hydrogen (secondary N) is 1. The third kappa shape index (κ3) is 3.95. The van der Waals surface area contributed by atoms with Crippen molar-refractivity contribution in [2.24, 2.45) is 5.92 Å². The summed E-state index contributed by atoms with van der Waals surface area (Å²) in [7, 11) is 3.58. The maximum absolute atomic E-state index is 13.1. The van der Waals surface area contributed by atoms with Crippen LogP contribution in [0.3, 0.4) is 0 Å². The maximum atomic E-state index is 13.1. The van der Waals surface area contributed by atoms with Crippen molar-refractivity contribution in [2.75, 3.05) is 20.8 Å². The van der Waals surface area contributed by atoms with Crippen LogP contribution in [0.2, 0.25) is 5.02 Å². The van der Waals surface area contributed by atoms with Gasteiger partial charge in [0.1, 0.15) is 5.82 Å². The van der Waals surface area contributed by atoms with E-state index in [0.29, 0.717) is 12.5 Å². The summed E-state index contributed by atoms with van der Waals surface area (Å²) in [5.74, 6) is 0.0105. The molecule has 0 saturated carbocycles. The van der Waals surface area contributed by atoms with Gasteiger partial charge < -0.3 is 10.1 Å². The molecule has 2 unspecified atom stereocenters. The van der Waals surface area contributed by atoms with Crippen LogP contribution in [-0.2, 0) is 4.74 Å². The van der Waals surface area contributed by atoms with Crippen molar-refractivity contribution in [3.05, 3.63) is 34.6 Å². The highest BCUT2D eigenvalue weighted by Gasteiger charge is 2.18. The molecule has 1 aromatic carbocycles. The Morgan fingerprint density at radius 1 is 1.47 bits per heavy atom. The van der Waals surface area contributed by atoms with Gasteiger partial charge in [0.2, 0.25) is 0 Å². The third-order valence-corrected chi connectivity index (χ3v) is 3.25. The molecule has 0 aliphatic carbocycles. The zero-order chi connectivity index (χ0) is 12.8. The van der Waals surface area contributed by atoms with E-state index in [2.05, 4.69) is 12.2 Å². The maximum Gasteiger partial charge on any atom is 0.141 e. The van der Waals surface area contributed by atoms with Gasteiger partial charge in [0.25, 0.3) is 0 Å². The summed E-state index contributed by atoms with van der Waals surface area (Å²) >= 11 is 5.80. The fourth-order valence-electron chi connectivity index (χ4n) is 1.96. The van der Waals surface area contributed by atoms with E-state index in [-0.39, 0.29) is 16.9 Å². The van der Waals surface area contributed by atoms with Crippen molar-refractivity contribution in [3.8, 4) is 0 Å². The predicted octanol–water partition coefficient (Wildman–Crippen LogP) is 3.41. The number of ether oxygens (including phenoxy) is 1. The molecule has 0 radical (unpaired) electrons. The van der Waals surface area contributed by atoms with E-state index in [9.17, 15) is 4.39 Å². The molecule has 0 aliphatic rings. The minimum atomic E-state index is -0.380. The van der Waals surface area contributed by atoms with Crippen LogP contribution in [0, 0.1) is 11.7 Å². The minimum absolute atomic E-state index is 0.156. The van der Waals surface area contributed by atoms with E-state index < -0.39 is 0 Å². The monoisotopic (exact) mass is 259 g/mol. The van der Waals surface area contributed by atoms with Gasteiger partial charge in [-0.3, -0.25) is 0 Å². The molecule has 0 aliphatic heterocycles.